The second-order valence-electron chi connectivity index (χ2n) is 13.1. The lowest BCUT2D eigenvalue weighted by Gasteiger charge is -2.49. The van der Waals surface area contributed by atoms with E-state index in [0.29, 0.717) is 16.7 Å². The van der Waals surface area contributed by atoms with Gasteiger partial charge in [0.25, 0.3) is 8.32 Å². The minimum absolute atomic E-state index is 0.0736. The van der Waals surface area contributed by atoms with Gasteiger partial charge in [0.05, 0.1) is 18.7 Å². The minimum atomic E-state index is -2.80. The van der Waals surface area contributed by atoms with Crippen molar-refractivity contribution in [2.75, 3.05) is 6.61 Å². The standard InChI is InChI=1S/C38H43Cl2NO2Si/c1-6-32(26-43-44(38(3,4)5,33-16-9-7-10-17-33)34-18-11-8-12-19-34)41-36(28-20-22-30(39)23-21-28)35(24-27(2)37(41)42)29-14-13-15-31(40)25-29/h7-23,25,27,32,35-36H,6,24,26H2,1-5H3/t27?,32?,35-,36-/m1/s1. The summed E-state index contributed by atoms with van der Waals surface area (Å²) in [5, 5.41) is 3.69. The van der Waals surface area contributed by atoms with Crippen LogP contribution in [0.4, 0.5) is 0 Å². The lowest BCUT2D eigenvalue weighted by atomic mass is 9.75. The summed E-state index contributed by atoms with van der Waals surface area (Å²) < 4.78 is 7.42. The molecule has 1 aliphatic heterocycles. The smallest absolute Gasteiger partial charge is 0.261 e. The van der Waals surface area contributed by atoms with Gasteiger partial charge in [-0.05, 0) is 63.6 Å². The molecule has 44 heavy (non-hydrogen) atoms. The van der Waals surface area contributed by atoms with Crippen molar-refractivity contribution in [2.24, 2.45) is 5.92 Å². The predicted molar refractivity (Wildman–Crippen MR) is 187 cm³/mol. The van der Waals surface area contributed by atoms with Crippen LogP contribution in [0.15, 0.2) is 109 Å². The fourth-order valence-corrected chi connectivity index (χ4v) is 12.0. The first-order chi connectivity index (χ1) is 21.1. The minimum Gasteiger partial charge on any atom is -0.405 e. The summed E-state index contributed by atoms with van der Waals surface area (Å²) in [6, 6.07) is 37.2. The van der Waals surface area contributed by atoms with Crippen LogP contribution < -0.4 is 10.4 Å². The molecule has 1 amide bonds. The van der Waals surface area contributed by atoms with E-state index in [9.17, 15) is 4.79 Å². The van der Waals surface area contributed by atoms with Gasteiger partial charge in [-0.1, -0.05) is 143 Å². The van der Waals surface area contributed by atoms with Crippen LogP contribution in [0.25, 0.3) is 0 Å². The summed E-state index contributed by atoms with van der Waals surface area (Å²) >= 11 is 12.9. The van der Waals surface area contributed by atoms with E-state index in [1.165, 1.54) is 10.4 Å². The van der Waals surface area contributed by atoms with Crippen LogP contribution in [0, 0.1) is 5.92 Å². The number of rotatable bonds is 9. The van der Waals surface area contributed by atoms with Crippen molar-refractivity contribution in [1.82, 2.24) is 4.90 Å². The molecule has 0 radical (unpaired) electrons. The first-order valence-electron chi connectivity index (χ1n) is 15.6. The van der Waals surface area contributed by atoms with Gasteiger partial charge in [0, 0.05) is 21.9 Å². The molecule has 0 bridgehead atoms. The first-order valence-corrected chi connectivity index (χ1v) is 18.3. The fraction of sp³-hybridized carbons (Fsp3) is 0.342. The van der Waals surface area contributed by atoms with E-state index >= 15 is 0 Å². The molecule has 1 heterocycles. The van der Waals surface area contributed by atoms with E-state index in [2.05, 4.69) is 124 Å². The number of hydrogen-bond donors (Lipinski definition) is 0. The molecule has 1 aliphatic rings. The molecule has 1 saturated heterocycles. The number of benzene rings is 4. The summed E-state index contributed by atoms with van der Waals surface area (Å²) in [7, 11) is -2.80. The average molecular weight is 645 g/mol. The Morgan fingerprint density at radius 1 is 0.818 bits per heavy atom. The maximum Gasteiger partial charge on any atom is 0.261 e. The summed E-state index contributed by atoms with van der Waals surface area (Å²) in [4.78, 5) is 16.5. The van der Waals surface area contributed by atoms with Crippen LogP contribution >= 0.6 is 23.2 Å². The van der Waals surface area contributed by atoms with E-state index in [0.717, 1.165) is 24.0 Å². The van der Waals surface area contributed by atoms with Gasteiger partial charge in [0.2, 0.25) is 5.91 Å². The number of piperidine rings is 1. The number of hydrogen-bond acceptors (Lipinski definition) is 2. The molecule has 0 aromatic heterocycles. The Morgan fingerprint density at radius 3 is 1.93 bits per heavy atom. The molecular weight excluding hydrogens is 601 g/mol. The number of carbonyl (C=O) groups excluding carboxylic acids is 1. The monoisotopic (exact) mass is 643 g/mol. The highest BCUT2D eigenvalue weighted by Crippen LogP contribution is 2.47. The van der Waals surface area contributed by atoms with Crippen LogP contribution in [0.5, 0.6) is 0 Å². The van der Waals surface area contributed by atoms with Crippen molar-refractivity contribution < 1.29 is 9.22 Å². The Kier molecular flexibility index (Phi) is 10.1. The molecule has 6 heteroatoms. The van der Waals surface area contributed by atoms with Crippen LogP contribution in [0.3, 0.4) is 0 Å². The molecule has 230 valence electrons. The van der Waals surface area contributed by atoms with Crippen molar-refractivity contribution in [3.63, 3.8) is 0 Å². The first kappa shape index (κ1) is 32.5. The predicted octanol–water partition coefficient (Wildman–Crippen LogP) is 9.04. The third-order valence-corrected chi connectivity index (χ3v) is 14.7. The molecule has 0 saturated carbocycles. The second-order valence-corrected chi connectivity index (χ2v) is 18.3. The van der Waals surface area contributed by atoms with Crippen LogP contribution in [0.2, 0.25) is 15.1 Å². The van der Waals surface area contributed by atoms with Gasteiger partial charge in [-0.15, -0.1) is 0 Å². The van der Waals surface area contributed by atoms with Gasteiger partial charge in [-0.3, -0.25) is 4.79 Å². The molecule has 4 atom stereocenters. The molecule has 3 nitrogen and oxygen atoms in total. The third-order valence-electron chi connectivity index (χ3n) is 9.23. The van der Waals surface area contributed by atoms with E-state index in [4.69, 9.17) is 27.6 Å². The quantitative estimate of drug-likeness (QED) is 0.170. The number of carbonyl (C=O) groups is 1. The Balaban J connectivity index is 1.61. The van der Waals surface area contributed by atoms with Gasteiger partial charge in [-0.2, -0.15) is 0 Å². The average Bonchev–Trinajstić information content (AvgIpc) is 3.02. The van der Waals surface area contributed by atoms with E-state index in [1.807, 2.05) is 24.3 Å². The normalized spacial score (nSPS) is 20.0. The summed E-state index contributed by atoms with van der Waals surface area (Å²) in [5.41, 5.74) is 2.22. The Bertz CT molecular complexity index is 1500. The summed E-state index contributed by atoms with van der Waals surface area (Å²) in [5.74, 6) is 0.107. The highest BCUT2D eigenvalue weighted by Gasteiger charge is 2.51. The molecule has 4 aromatic rings. The van der Waals surface area contributed by atoms with Crippen molar-refractivity contribution in [3.8, 4) is 0 Å². The van der Waals surface area contributed by atoms with Gasteiger partial charge >= 0.3 is 0 Å². The van der Waals surface area contributed by atoms with Gasteiger partial charge in [-0.25, -0.2) is 0 Å². The Morgan fingerprint density at radius 2 is 1.41 bits per heavy atom. The van der Waals surface area contributed by atoms with Crippen molar-refractivity contribution in [3.05, 3.63) is 130 Å². The molecule has 0 N–H and O–H groups in total. The van der Waals surface area contributed by atoms with Crippen LogP contribution in [-0.2, 0) is 9.22 Å². The van der Waals surface area contributed by atoms with Crippen LogP contribution in [-0.4, -0.2) is 31.8 Å². The SMILES string of the molecule is CCC(CO[Si](c1ccccc1)(c1ccccc1)C(C)(C)C)N1C(=O)C(C)C[C@H](c2cccc(Cl)c2)[C@H]1c1ccc(Cl)cc1. The van der Waals surface area contributed by atoms with Crippen molar-refractivity contribution >= 4 is 47.8 Å². The molecule has 0 spiro atoms. The molecule has 2 unspecified atom stereocenters. The third kappa shape index (κ3) is 6.41. The van der Waals surface area contributed by atoms with E-state index in [1.54, 1.807) is 0 Å². The second kappa shape index (κ2) is 13.6. The van der Waals surface area contributed by atoms with Gasteiger partial charge in [0.15, 0.2) is 0 Å². The van der Waals surface area contributed by atoms with Gasteiger partial charge in [0.1, 0.15) is 0 Å². The van der Waals surface area contributed by atoms with Crippen LogP contribution in [0.1, 0.15) is 70.5 Å². The topological polar surface area (TPSA) is 29.5 Å². The molecule has 1 fully saturated rings. The molecule has 4 aromatic carbocycles. The molecule has 5 rings (SSSR count). The number of nitrogens with zero attached hydrogens (tertiary/aromatic N) is 1. The largest absolute Gasteiger partial charge is 0.405 e. The number of amides is 1. The zero-order valence-electron chi connectivity index (χ0n) is 26.3. The summed E-state index contributed by atoms with van der Waals surface area (Å²) in [6.45, 7) is 11.5. The lowest BCUT2D eigenvalue weighted by Crippen LogP contribution is -2.67. The maximum absolute atomic E-state index is 14.3. The summed E-state index contributed by atoms with van der Waals surface area (Å²) in [6.07, 6.45) is 1.51. The number of halogens is 2. The maximum atomic E-state index is 14.3. The molecular formula is C38H43Cl2NO2Si. The van der Waals surface area contributed by atoms with Crippen molar-refractivity contribution in [2.45, 2.75) is 70.5 Å². The lowest BCUT2D eigenvalue weighted by molar-refractivity contribution is -0.147. The molecule has 0 aliphatic carbocycles. The highest BCUT2D eigenvalue weighted by atomic mass is 35.5. The highest BCUT2D eigenvalue weighted by molar-refractivity contribution is 6.99. The van der Waals surface area contributed by atoms with Crippen molar-refractivity contribution in [1.29, 1.82) is 0 Å². The van der Waals surface area contributed by atoms with Gasteiger partial charge < -0.3 is 9.33 Å². The van der Waals surface area contributed by atoms with E-state index in [-0.39, 0.29) is 34.9 Å². The Hall–Kier alpha value is -2.89. The Labute approximate surface area is 274 Å². The fourth-order valence-electron chi connectivity index (χ4n) is 7.09. The van der Waals surface area contributed by atoms with E-state index < -0.39 is 8.32 Å². The zero-order chi connectivity index (χ0) is 31.5. The zero-order valence-corrected chi connectivity index (χ0v) is 28.9. The number of likely N-dealkylation sites (tertiary alicyclic amines) is 1.